The highest BCUT2D eigenvalue weighted by Gasteiger charge is 2.25. The van der Waals surface area contributed by atoms with E-state index in [4.69, 9.17) is 16.2 Å². The lowest BCUT2D eigenvalue weighted by atomic mass is 9.93. The second kappa shape index (κ2) is 9.86. The molecule has 0 aromatic heterocycles. The topological polar surface area (TPSA) is 93.6 Å². The molecule has 6 heteroatoms. The molecule has 0 amide bonds. The number of piperidine rings is 1. The zero-order valence-electron chi connectivity index (χ0n) is 16.6. The fourth-order valence-corrected chi connectivity index (χ4v) is 3.80. The number of ether oxygens (including phenoxy) is 1. The number of esters is 1. The number of carbonyl (C=O) groups is 1. The van der Waals surface area contributed by atoms with Gasteiger partial charge in [-0.1, -0.05) is 19.3 Å². The summed E-state index contributed by atoms with van der Waals surface area (Å²) in [4.78, 5) is 14.5. The van der Waals surface area contributed by atoms with Gasteiger partial charge < -0.3 is 26.4 Å². The quantitative estimate of drug-likeness (QED) is 0.380. The molecule has 2 fully saturated rings. The first-order valence-corrected chi connectivity index (χ1v) is 10.0. The summed E-state index contributed by atoms with van der Waals surface area (Å²) in [6.45, 7) is 7.08. The van der Waals surface area contributed by atoms with Crippen molar-refractivity contribution < 1.29 is 11.0 Å². The molecule has 5 N–H and O–H groups in total. The summed E-state index contributed by atoms with van der Waals surface area (Å²) in [5.74, 6) is 0.0568. The predicted molar refractivity (Wildman–Crippen MR) is 107 cm³/mol. The summed E-state index contributed by atoms with van der Waals surface area (Å²) in [6.07, 6.45) is 10.2. The first-order chi connectivity index (χ1) is 12.4. The maximum Gasteiger partial charge on any atom is 0.342 e. The number of nitrogens with zero attached hydrogens (tertiary/aromatic N) is 1. The van der Waals surface area contributed by atoms with Gasteiger partial charge in [-0.05, 0) is 52.5 Å². The fourth-order valence-electron chi connectivity index (χ4n) is 3.80. The highest BCUT2D eigenvalue weighted by atomic mass is 16.5. The van der Waals surface area contributed by atoms with Crippen molar-refractivity contribution in [1.29, 1.82) is 0 Å². The van der Waals surface area contributed by atoms with E-state index in [1.165, 1.54) is 32.1 Å². The van der Waals surface area contributed by atoms with Crippen molar-refractivity contribution in [1.82, 2.24) is 10.2 Å². The Bertz CT molecular complexity index is 530. The average molecular weight is 367 g/mol. The van der Waals surface area contributed by atoms with Crippen molar-refractivity contribution in [2.45, 2.75) is 83.9 Å². The minimum absolute atomic E-state index is 0. The van der Waals surface area contributed by atoms with Gasteiger partial charge in [-0.2, -0.15) is 0 Å². The Morgan fingerprint density at radius 1 is 1.12 bits per heavy atom. The van der Waals surface area contributed by atoms with Crippen LogP contribution in [0.15, 0.2) is 23.2 Å². The highest BCUT2D eigenvalue weighted by molar-refractivity contribution is 5.92. The highest BCUT2D eigenvalue weighted by Crippen LogP contribution is 2.22. The standard InChI is InChI=1S/C20H36N4O2.H2/c1-14(2)26-20(25)18(13-15(3)21)19(22)24-11-9-17(10-12-24)23-16-7-5-4-6-8-16;/h13-14,16-17,23H,4-12,21-22H2,1-3H3;1H/b15-13-,19-18-;. The van der Waals surface area contributed by atoms with Gasteiger partial charge in [-0.3, -0.25) is 0 Å². The van der Waals surface area contributed by atoms with Crippen LogP contribution in [0.1, 0.15) is 67.1 Å². The van der Waals surface area contributed by atoms with E-state index in [1.54, 1.807) is 13.0 Å². The van der Waals surface area contributed by atoms with E-state index in [0.29, 0.717) is 29.2 Å². The van der Waals surface area contributed by atoms with Crippen molar-refractivity contribution >= 4 is 5.97 Å². The van der Waals surface area contributed by atoms with E-state index in [-0.39, 0.29) is 7.53 Å². The molecular formula is C20H38N4O2. The molecule has 0 bridgehead atoms. The Balaban J connectivity index is 0.00000364. The zero-order chi connectivity index (χ0) is 19.1. The predicted octanol–water partition coefficient (Wildman–Crippen LogP) is 2.60. The molecule has 1 aliphatic carbocycles. The molecule has 1 heterocycles. The molecule has 1 aliphatic heterocycles. The smallest absolute Gasteiger partial charge is 0.342 e. The molecule has 150 valence electrons. The van der Waals surface area contributed by atoms with Crippen LogP contribution < -0.4 is 16.8 Å². The molecule has 0 unspecified atom stereocenters. The van der Waals surface area contributed by atoms with E-state index in [9.17, 15) is 4.79 Å². The van der Waals surface area contributed by atoms with Crippen LogP contribution in [0.3, 0.4) is 0 Å². The lowest BCUT2D eigenvalue weighted by Crippen LogP contribution is -2.47. The summed E-state index contributed by atoms with van der Waals surface area (Å²) in [5, 5.41) is 3.82. The number of likely N-dealkylation sites (tertiary alicyclic amines) is 1. The minimum Gasteiger partial charge on any atom is -0.459 e. The maximum atomic E-state index is 12.4. The lowest BCUT2D eigenvalue weighted by molar-refractivity contribution is -0.142. The van der Waals surface area contributed by atoms with E-state index in [0.717, 1.165) is 25.9 Å². The van der Waals surface area contributed by atoms with E-state index in [2.05, 4.69) is 10.2 Å². The Morgan fingerprint density at radius 2 is 1.69 bits per heavy atom. The van der Waals surface area contributed by atoms with Crippen molar-refractivity contribution in [3.8, 4) is 0 Å². The molecular weight excluding hydrogens is 328 g/mol. The van der Waals surface area contributed by atoms with Gasteiger partial charge in [-0.15, -0.1) is 0 Å². The van der Waals surface area contributed by atoms with Crippen LogP contribution in [-0.2, 0) is 9.53 Å². The first kappa shape index (κ1) is 20.6. The van der Waals surface area contributed by atoms with Crippen LogP contribution in [0.4, 0.5) is 0 Å². The minimum atomic E-state index is -0.412. The monoisotopic (exact) mass is 366 g/mol. The summed E-state index contributed by atoms with van der Waals surface area (Å²) < 4.78 is 5.33. The number of allylic oxidation sites excluding steroid dienone is 1. The van der Waals surface area contributed by atoms with Crippen LogP contribution >= 0.6 is 0 Å². The summed E-state index contributed by atoms with van der Waals surface area (Å²) in [6, 6.07) is 1.22. The number of nitrogens with one attached hydrogen (secondary N) is 1. The Kier molecular flexibility index (Phi) is 7.82. The lowest BCUT2D eigenvalue weighted by Gasteiger charge is -2.37. The molecule has 2 aliphatic rings. The first-order valence-electron chi connectivity index (χ1n) is 10.0. The van der Waals surface area contributed by atoms with Crippen LogP contribution in [0.5, 0.6) is 0 Å². The Labute approximate surface area is 159 Å². The second-order valence-corrected chi connectivity index (χ2v) is 7.90. The maximum absolute atomic E-state index is 12.4. The zero-order valence-corrected chi connectivity index (χ0v) is 16.6. The number of rotatable bonds is 6. The molecule has 0 aromatic rings. The molecule has 0 aromatic carbocycles. The molecule has 1 saturated carbocycles. The van der Waals surface area contributed by atoms with Crippen molar-refractivity contribution in [2.24, 2.45) is 11.5 Å². The molecule has 26 heavy (non-hydrogen) atoms. The molecule has 6 nitrogen and oxygen atoms in total. The van der Waals surface area contributed by atoms with Gasteiger partial charge in [0.2, 0.25) is 0 Å². The normalized spacial score (nSPS) is 21.7. The van der Waals surface area contributed by atoms with Crippen LogP contribution in [-0.4, -0.2) is 42.1 Å². The molecule has 0 radical (unpaired) electrons. The van der Waals surface area contributed by atoms with Crippen LogP contribution in [0.2, 0.25) is 0 Å². The van der Waals surface area contributed by atoms with Crippen LogP contribution in [0, 0.1) is 0 Å². The molecule has 2 rings (SSSR count). The van der Waals surface area contributed by atoms with Gasteiger partial charge in [0.1, 0.15) is 11.4 Å². The number of carbonyl (C=O) groups excluding carboxylic acids is 1. The summed E-state index contributed by atoms with van der Waals surface area (Å²) >= 11 is 0. The van der Waals surface area contributed by atoms with Gasteiger partial charge in [0.25, 0.3) is 0 Å². The largest absolute Gasteiger partial charge is 0.459 e. The van der Waals surface area contributed by atoms with E-state index in [1.807, 2.05) is 13.8 Å². The SMILES string of the molecule is C/C(N)=C/C(C(=O)OC(C)C)=C(\N)N1CCC(NC2CCCCC2)CC1.[HH]. The summed E-state index contributed by atoms with van der Waals surface area (Å²) in [7, 11) is 0. The Morgan fingerprint density at radius 3 is 2.23 bits per heavy atom. The second-order valence-electron chi connectivity index (χ2n) is 7.90. The van der Waals surface area contributed by atoms with Crippen molar-refractivity contribution in [3.05, 3.63) is 23.2 Å². The molecule has 0 spiro atoms. The third-order valence-corrected chi connectivity index (χ3v) is 5.12. The van der Waals surface area contributed by atoms with Crippen molar-refractivity contribution in [3.63, 3.8) is 0 Å². The van der Waals surface area contributed by atoms with E-state index < -0.39 is 5.97 Å². The average Bonchev–Trinajstić information content (AvgIpc) is 2.60. The fraction of sp³-hybridized carbons (Fsp3) is 0.750. The molecule has 0 atom stereocenters. The van der Waals surface area contributed by atoms with Gasteiger partial charge in [-0.25, -0.2) is 4.79 Å². The molecule has 1 saturated heterocycles. The summed E-state index contributed by atoms with van der Waals surface area (Å²) in [5.41, 5.74) is 13.0. The third kappa shape index (κ3) is 6.24. The number of nitrogens with two attached hydrogens (primary N) is 2. The Hall–Kier alpha value is -1.69. The van der Waals surface area contributed by atoms with Crippen molar-refractivity contribution in [2.75, 3.05) is 13.1 Å². The van der Waals surface area contributed by atoms with Crippen LogP contribution in [0.25, 0.3) is 0 Å². The van der Waals surface area contributed by atoms with E-state index >= 15 is 0 Å². The van der Waals surface area contributed by atoms with Gasteiger partial charge in [0, 0.05) is 32.3 Å². The third-order valence-electron chi connectivity index (χ3n) is 5.12. The number of hydrogen-bond acceptors (Lipinski definition) is 6. The number of hydrogen-bond donors (Lipinski definition) is 3. The van der Waals surface area contributed by atoms with Gasteiger partial charge in [0.15, 0.2) is 0 Å². The van der Waals surface area contributed by atoms with Gasteiger partial charge in [0.05, 0.1) is 6.10 Å². The van der Waals surface area contributed by atoms with Gasteiger partial charge >= 0.3 is 5.97 Å².